The van der Waals surface area contributed by atoms with E-state index in [1.165, 1.54) is 4.90 Å². The van der Waals surface area contributed by atoms with E-state index in [1.807, 2.05) is 0 Å². The second-order valence-corrected chi connectivity index (χ2v) is 6.73. The zero-order valence-electron chi connectivity index (χ0n) is 13.5. The smallest absolute Gasteiger partial charge is 0.329 e. The van der Waals surface area contributed by atoms with Crippen LogP contribution in [0, 0.1) is 5.41 Å². The van der Waals surface area contributed by atoms with Crippen LogP contribution >= 0.6 is 0 Å². The highest BCUT2D eigenvalue weighted by molar-refractivity contribution is 5.93. The molecule has 6 nitrogen and oxygen atoms in total. The number of amides is 2. The van der Waals surface area contributed by atoms with E-state index < -0.39 is 23.0 Å². The molecule has 0 aliphatic carbocycles. The van der Waals surface area contributed by atoms with E-state index in [-0.39, 0.29) is 11.8 Å². The van der Waals surface area contributed by atoms with Gasteiger partial charge in [0.25, 0.3) is 0 Å². The topological polar surface area (TPSA) is 86.7 Å². The summed E-state index contributed by atoms with van der Waals surface area (Å²) in [6, 6.07) is -0.722. The molecular weight excluding hydrogens is 272 g/mol. The van der Waals surface area contributed by atoms with E-state index in [9.17, 15) is 19.5 Å². The number of carboxylic acids is 1. The van der Waals surface area contributed by atoms with Gasteiger partial charge in [-0.2, -0.15) is 0 Å². The lowest BCUT2D eigenvalue weighted by Crippen LogP contribution is -2.58. The van der Waals surface area contributed by atoms with Crippen LogP contribution in [0.1, 0.15) is 53.9 Å². The predicted octanol–water partition coefficient (Wildman–Crippen LogP) is 1.39. The zero-order valence-corrected chi connectivity index (χ0v) is 13.5. The molecule has 0 aromatic carbocycles. The van der Waals surface area contributed by atoms with Crippen LogP contribution < -0.4 is 5.32 Å². The molecule has 1 aliphatic rings. The summed E-state index contributed by atoms with van der Waals surface area (Å²) in [7, 11) is 0. The second kappa shape index (κ2) is 6.03. The Morgan fingerprint density at radius 2 is 1.90 bits per heavy atom. The van der Waals surface area contributed by atoms with Crippen molar-refractivity contribution in [1.29, 1.82) is 0 Å². The summed E-state index contributed by atoms with van der Waals surface area (Å²) >= 11 is 0. The number of carboxylic acid groups (broad SMARTS) is 1. The molecular formula is C15H26N2O4. The van der Waals surface area contributed by atoms with Gasteiger partial charge in [0.2, 0.25) is 11.8 Å². The van der Waals surface area contributed by atoms with Gasteiger partial charge in [-0.05, 0) is 26.2 Å². The minimum Gasteiger partial charge on any atom is -0.479 e. The Morgan fingerprint density at radius 1 is 1.33 bits per heavy atom. The molecule has 0 spiro atoms. The Kier molecular flexibility index (Phi) is 5.02. The molecule has 2 amide bonds. The summed E-state index contributed by atoms with van der Waals surface area (Å²) in [4.78, 5) is 37.5. The predicted molar refractivity (Wildman–Crippen MR) is 78.7 cm³/mol. The number of nitrogens with one attached hydrogen (secondary N) is 1. The van der Waals surface area contributed by atoms with Crippen LogP contribution in [-0.2, 0) is 14.4 Å². The van der Waals surface area contributed by atoms with Crippen LogP contribution in [0.3, 0.4) is 0 Å². The van der Waals surface area contributed by atoms with Gasteiger partial charge in [-0.1, -0.05) is 27.7 Å². The second-order valence-electron chi connectivity index (χ2n) is 6.73. The molecule has 1 heterocycles. The summed E-state index contributed by atoms with van der Waals surface area (Å²) in [6.45, 7) is 9.11. The first kappa shape index (κ1) is 17.5. The summed E-state index contributed by atoms with van der Waals surface area (Å²) in [6.07, 6.45) is 1.50. The van der Waals surface area contributed by atoms with Crippen LogP contribution in [0.2, 0.25) is 0 Å². The molecule has 0 radical (unpaired) electrons. The third-order valence-corrected chi connectivity index (χ3v) is 4.14. The van der Waals surface area contributed by atoms with Crippen LogP contribution in [0.5, 0.6) is 0 Å². The van der Waals surface area contributed by atoms with E-state index in [0.717, 1.165) is 0 Å². The number of likely N-dealkylation sites (tertiary alicyclic amines) is 1. The fourth-order valence-corrected chi connectivity index (χ4v) is 2.65. The van der Waals surface area contributed by atoms with Crippen LogP contribution in [0.25, 0.3) is 0 Å². The molecule has 1 aliphatic heterocycles. The van der Waals surface area contributed by atoms with Crippen molar-refractivity contribution in [2.24, 2.45) is 5.41 Å². The minimum absolute atomic E-state index is 0.222. The van der Waals surface area contributed by atoms with E-state index >= 15 is 0 Å². The monoisotopic (exact) mass is 298 g/mol. The van der Waals surface area contributed by atoms with Crippen molar-refractivity contribution in [1.82, 2.24) is 10.2 Å². The maximum absolute atomic E-state index is 12.5. The largest absolute Gasteiger partial charge is 0.479 e. The van der Waals surface area contributed by atoms with Crippen molar-refractivity contribution >= 4 is 17.8 Å². The summed E-state index contributed by atoms with van der Waals surface area (Å²) in [5.41, 5.74) is -1.72. The Balaban J connectivity index is 2.87. The lowest BCUT2D eigenvalue weighted by atomic mass is 9.92. The SMILES string of the molecule is CCC1(C(=O)O)CCCN1C(=O)C(C)NC(=O)C(C)(C)C. The first-order valence-corrected chi connectivity index (χ1v) is 7.42. The van der Waals surface area contributed by atoms with Gasteiger partial charge in [0.15, 0.2) is 0 Å². The lowest BCUT2D eigenvalue weighted by Gasteiger charge is -2.36. The molecule has 21 heavy (non-hydrogen) atoms. The van der Waals surface area contributed by atoms with E-state index in [4.69, 9.17) is 0 Å². The number of nitrogens with zero attached hydrogens (tertiary/aromatic N) is 1. The zero-order chi connectivity index (χ0) is 16.4. The van der Waals surface area contributed by atoms with E-state index in [1.54, 1.807) is 34.6 Å². The van der Waals surface area contributed by atoms with Gasteiger partial charge in [-0.25, -0.2) is 4.79 Å². The normalized spacial score (nSPS) is 23.8. The Morgan fingerprint density at radius 3 is 2.33 bits per heavy atom. The van der Waals surface area contributed by atoms with E-state index in [2.05, 4.69) is 5.32 Å². The fourth-order valence-electron chi connectivity index (χ4n) is 2.65. The van der Waals surface area contributed by atoms with Gasteiger partial charge < -0.3 is 15.3 Å². The van der Waals surface area contributed by atoms with Crippen LogP contribution in [0.15, 0.2) is 0 Å². The van der Waals surface area contributed by atoms with Crippen molar-refractivity contribution in [3.05, 3.63) is 0 Å². The van der Waals surface area contributed by atoms with Crippen molar-refractivity contribution in [2.75, 3.05) is 6.54 Å². The molecule has 1 saturated heterocycles. The molecule has 0 saturated carbocycles. The van der Waals surface area contributed by atoms with Crippen molar-refractivity contribution in [3.63, 3.8) is 0 Å². The number of rotatable bonds is 4. The first-order chi connectivity index (χ1) is 9.56. The molecule has 0 aromatic rings. The van der Waals surface area contributed by atoms with Gasteiger partial charge >= 0.3 is 5.97 Å². The minimum atomic E-state index is -1.13. The number of hydrogen-bond acceptors (Lipinski definition) is 3. The van der Waals surface area contributed by atoms with Crippen molar-refractivity contribution < 1.29 is 19.5 Å². The molecule has 2 N–H and O–H groups in total. The number of carbonyl (C=O) groups excluding carboxylic acids is 2. The highest BCUT2D eigenvalue weighted by Crippen LogP contribution is 2.33. The van der Waals surface area contributed by atoms with Gasteiger partial charge in [-0.3, -0.25) is 9.59 Å². The summed E-state index contributed by atoms with van der Waals surface area (Å²) < 4.78 is 0. The average molecular weight is 298 g/mol. The Labute approximate surface area is 125 Å². The summed E-state index contributed by atoms with van der Waals surface area (Å²) in [5.74, 6) is -1.51. The number of aliphatic carboxylic acids is 1. The highest BCUT2D eigenvalue weighted by Gasteiger charge is 2.49. The van der Waals surface area contributed by atoms with Gasteiger partial charge in [0.05, 0.1) is 0 Å². The molecule has 1 rings (SSSR count). The van der Waals surface area contributed by atoms with Crippen LogP contribution in [-0.4, -0.2) is 45.9 Å². The highest BCUT2D eigenvalue weighted by atomic mass is 16.4. The van der Waals surface area contributed by atoms with E-state index in [0.29, 0.717) is 25.8 Å². The molecule has 2 unspecified atom stereocenters. The van der Waals surface area contributed by atoms with Gasteiger partial charge in [-0.15, -0.1) is 0 Å². The summed E-state index contributed by atoms with van der Waals surface area (Å²) in [5, 5.41) is 12.2. The van der Waals surface area contributed by atoms with Crippen LogP contribution in [0.4, 0.5) is 0 Å². The molecule has 0 bridgehead atoms. The molecule has 2 atom stereocenters. The van der Waals surface area contributed by atoms with Gasteiger partial charge in [0, 0.05) is 12.0 Å². The molecule has 0 aromatic heterocycles. The standard InChI is InChI=1S/C15H26N2O4/c1-6-15(13(20)21)8-7-9-17(15)11(18)10(2)16-12(19)14(3,4)5/h10H,6-9H2,1-5H3,(H,16,19)(H,20,21). The van der Waals surface area contributed by atoms with Crippen molar-refractivity contribution in [3.8, 4) is 0 Å². The number of carbonyl (C=O) groups is 3. The fraction of sp³-hybridized carbons (Fsp3) is 0.800. The average Bonchev–Trinajstić information content (AvgIpc) is 2.81. The Hall–Kier alpha value is -1.59. The van der Waals surface area contributed by atoms with Crippen molar-refractivity contribution in [2.45, 2.75) is 65.5 Å². The van der Waals surface area contributed by atoms with Gasteiger partial charge in [0.1, 0.15) is 11.6 Å². The maximum Gasteiger partial charge on any atom is 0.329 e. The third-order valence-electron chi connectivity index (χ3n) is 4.14. The number of hydrogen-bond donors (Lipinski definition) is 2. The molecule has 6 heteroatoms. The quantitative estimate of drug-likeness (QED) is 0.821. The molecule has 1 fully saturated rings. The third kappa shape index (κ3) is 3.36. The maximum atomic E-state index is 12.5. The first-order valence-electron chi connectivity index (χ1n) is 7.42. The lowest BCUT2D eigenvalue weighted by molar-refractivity contribution is -0.157. The molecule has 120 valence electrons. The Bertz CT molecular complexity index is 441.